The summed E-state index contributed by atoms with van der Waals surface area (Å²) in [6.45, 7) is 2.00. The van der Waals surface area contributed by atoms with Crippen LogP contribution in [0.25, 0.3) is 11.0 Å². The number of benzene rings is 2. The number of fused-ring (bicyclic) bond motifs is 1. The molecule has 132 valence electrons. The van der Waals surface area contributed by atoms with Gasteiger partial charge in [-0.1, -0.05) is 30.3 Å². The first-order valence-electron chi connectivity index (χ1n) is 8.27. The summed E-state index contributed by atoms with van der Waals surface area (Å²) in [5.74, 6) is 0. The largest absolute Gasteiger partial charge is 0.253 e. The van der Waals surface area contributed by atoms with E-state index in [-0.39, 0.29) is 6.04 Å². The lowest BCUT2D eigenvalue weighted by molar-refractivity contribution is 0.375. The summed E-state index contributed by atoms with van der Waals surface area (Å²) in [5.41, 5.74) is 5.20. The third-order valence-corrected chi connectivity index (χ3v) is 5.56. The van der Waals surface area contributed by atoms with Gasteiger partial charge in [0.2, 0.25) is 10.0 Å². The maximum Gasteiger partial charge on any atom is 0.247 e. The molecule has 0 amide bonds. The summed E-state index contributed by atoms with van der Waals surface area (Å²) in [7, 11) is -3.50. The van der Waals surface area contributed by atoms with Gasteiger partial charge in [0.1, 0.15) is 0 Å². The van der Waals surface area contributed by atoms with Gasteiger partial charge in [0.05, 0.1) is 29.0 Å². The van der Waals surface area contributed by atoms with Gasteiger partial charge in [-0.3, -0.25) is 9.97 Å². The lowest BCUT2D eigenvalue weighted by Gasteiger charge is -2.21. The molecule has 0 N–H and O–H groups in total. The van der Waals surface area contributed by atoms with Crippen molar-refractivity contribution in [2.45, 2.75) is 19.4 Å². The molecule has 0 fully saturated rings. The van der Waals surface area contributed by atoms with Gasteiger partial charge in [0.25, 0.3) is 0 Å². The van der Waals surface area contributed by atoms with Crippen LogP contribution in [0.2, 0.25) is 0 Å². The number of aryl methyl sites for hydroxylation is 1. The van der Waals surface area contributed by atoms with Crippen molar-refractivity contribution in [3.8, 4) is 0 Å². The number of rotatable bonds is 3. The molecule has 1 unspecified atom stereocenters. The molecule has 1 aliphatic heterocycles. The van der Waals surface area contributed by atoms with Crippen LogP contribution in [-0.2, 0) is 10.0 Å². The monoisotopic (exact) mass is 366 g/mol. The predicted octanol–water partition coefficient (Wildman–Crippen LogP) is 3.05. The van der Waals surface area contributed by atoms with Crippen molar-refractivity contribution in [2.75, 3.05) is 6.26 Å². The molecule has 3 aromatic rings. The molecule has 2 aromatic carbocycles. The Bertz CT molecular complexity index is 1130. The third-order valence-electron chi connectivity index (χ3n) is 4.55. The average Bonchev–Trinajstić information content (AvgIpc) is 3.07. The molecule has 1 atom stereocenters. The number of aromatic nitrogens is 2. The highest BCUT2D eigenvalue weighted by atomic mass is 32.2. The fourth-order valence-electron chi connectivity index (χ4n) is 3.29. The zero-order valence-corrected chi connectivity index (χ0v) is 15.3. The van der Waals surface area contributed by atoms with Gasteiger partial charge in [-0.05, 0) is 30.2 Å². The van der Waals surface area contributed by atoms with Gasteiger partial charge in [-0.15, -0.1) is 0 Å². The fourth-order valence-corrected chi connectivity index (χ4v) is 4.19. The second kappa shape index (κ2) is 6.17. The molecule has 1 aliphatic rings. The molecule has 0 spiro atoms. The Labute approximate surface area is 152 Å². The van der Waals surface area contributed by atoms with Crippen LogP contribution in [-0.4, -0.2) is 34.8 Å². The normalized spacial score (nSPS) is 17.5. The predicted molar refractivity (Wildman–Crippen MR) is 101 cm³/mol. The van der Waals surface area contributed by atoms with Crippen LogP contribution in [0.15, 0.2) is 60.0 Å². The zero-order valence-electron chi connectivity index (χ0n) is 14.5. The van der Waals surface area contributed by atoms with E-state index in [2.05, 4.69) is 15.1 Å². The van der Waals surface area contributed by atoms with Crippen LogP contribution in [0.4, 0.5) is 0 Å². The molecule has 7 heteroatoms. The van der Waals surface area contributed by atoms with Crippen LogP contribution in [0, 0.1) is 6.92 Å². The van der Waals surface area contributed by atoms with Gasteiger partial charge in [-0.25, -0.2) is 8.42 Å². The molecule has 0 saturated carbocycles. The highest BCUT2D eigenvalue weighted by Gasteiger charge is 2.34. The van der Waals surface area contributed by atoms with E-state index in [9.17, 15) is 8.42 Å². The number of hydrogen-bond donors (Lipinski definition) is 0. The fraction of sp³-hybridized carbons (Fsp3) is 0.211. The molecule has 0 bridgehead atoms. The summed E-state index contributed by atoms with van der Waals surface area (Å²) in [6, 6.07) is 13.1. The van der Waals surface area contributed by atoms with Crippen molar-refractivity contribution in [3.63, 3.8) is 0 Å². The molecule has 1 aromatic heterocycles. The summed E-state index contributed by atoms with van der Waals surface area (Å²) in [4.78, 5) is 8.59. The molecule has 4 rings (SSSR count). The zero-order chi connectivity index (χ0) is 18.3. The number of nitrogens with zero attached hydrogens (tertiary/aromatic N) is 4. The minimum atomic E-state index is -3.50. The Hall–Kier alpha value is -2.80. The number of hydrazone groups is 1. The topological polar surface area (TPSA) is 75.5 Å². The van der Waals surface area contributed by atoms with Crippen LogP contribution >= 0.6 is 0 Å². The summed E-state index contributed by atoms with van der Waals surface area (Å²) in [5, 5.41) is 4.45. The Morgan fingerprint density at radius 3 is 2.50 bits per heavy atom. The summed E-state index contributed by atoms with van der Waals surface area (Å²) in [6.07, 6.45) is 4.97. The molecule has 0 aliphatic carbocycles. The Kier molecular flexibility index (Phi) is 3.96. The van der Waals surface area contributed by atoms with Gasteiger partial charge >= 0.3 is 0 Å². The van der Waals surface area contributed by atoms with E-state index in [1.165, 1.54) is 10.7 Å². The van der Waals surface area contributed by atoms with E-state index >= 15 is 0 Å². The summed E-state index contributed by atoms with van der Waals surface area (Å²) < 4.78 is 25.9. The first-order valence-corrected chi connectivity index (χ1v) is 10.1. The minimum absolute atomic E-state index is 0.383. The van der Waals surface area contributed by atoms with Crippen molar-refractivity contribution in [2.24, 2.45) is 5.10 Å². The number of sulfonamides is 1. The molecule has 0 radical (unpaired) electrons. The van der Waals surface area contributed by atoms with Crippen LogP contribution in [0.5, 0.6) is 0 Å². The van der Waals surface area contributed by atoms with Crippen molar-refractivity contribution in [3.05, 3.63) is 71.5 Å². The van der Waals surface area contributed by atoms with Crippen molar-refractivity contribution < 1.29 is 8.42 Å². The SMILES string of the molecule is Cc1ccccc1C1=NN(S(C)(=O)=O)C(c2ccc3nccnc3c2)C1. The second-order valence-electron chi connectivity index (χ2n) is 6.42. The van der Waals surface area contributed by atoms with Crippen molar-refractivity contribution >= 4 is 26.8 Å². The Morgan fingerprint density at radius 2 is 1.77 bits per heavy atom. The molecule has 0 saturated heterocycles. The quantitative estimate of drug-likeness (QED) is 0.714. The molecule has 26 heavy (non-hydrogen) atoms. The van der Waals surface area contributed by atoms with Gasteiger partial charge in [-0.2, -0.15) is 9.52 Å². The first-order chi connectivity index (χ1) is 12.4. The molecule has 6 nitrogen and oxygen atoms in total. The van der Waals surface area contributed by atoms with E-state index in [0.29, 0.717) is 6.42 Å². The molecular weight excluding hydrogens is 348 g/mol. The molecule has 2 heterocycles. The van der Waals surface area contributed by atoms with Crippen LogP contribution in [0.1, 0.15) is 29.2 Å². The van der Waals surface area contributed by atoms with Gasteiger partial charge in [0.15, 0.2) is 0 Å². The van der Waals surface area contributed by atoms with E-state index in [1.54, 1.807) is 12.4 Å². The van der Waals surface area contributed by atoms with Crippen molar-refractivity contribution in [1.82, 2.24) is 14.4 Å². The minimum Gasteiger partial charge on any atom is -0.253 e. The maximum atomic E-state index is 12.3. The van der Waals surface area contributed by atoms with Gasteiger partial charge < -0.3 is 0 Å². The number of hydrogen-bond acceptors (Lipinski definition) is 5. The van der Waals surface area contributed by atoms with Crippen LogP contribution < -0.4 is 0 Å². The highest BCUT2D eigenvalue weighted by Crippen LogP contribution is 2.35. The molecular formula is C19H18N4O2S. The van der Waals surface area contributed by atoms with Gasteiger partial charge in [0, 0.05) is 24.4 Å². The second-order valence-corrected chi connectivity index (χ2v) is 8.26. The Balaban J connectivity index is 1.79. The lowest BCUT2D eigenvalue weighted by atomic mass is 9.96. The highest BCUT2D eigenvalue weighted by molar-refractivity contribution is 7.88. The average molecular weight is 366 g/mol. The third kappa shape index (κ3) is 2.94. The van der Waals surface area contributed by atoms with E-state index in [0.717, 1.165) is 33.4 Å². The smallest absolute Gasteiger partial charge is 0.247 e. The van der Waals surface area contributed by atoms with E-state index in [4.69, 9.17) is 0 Å². The van der Waals surface area contributed by atoms with E-state index in [1.807, 2.05) is 49.4 Å². The van der Waals surface area contributed by atoms with Crippen molar-refractivity contribution in [1.29, 1.82) is 0 Å². The lowest BCUT2D eigenvalue weighted by Crippen LogP contribution is -2.25. The first kappa shape index (κ1) is 16.7. The van der Waals surface area contributed by atoms with E-state index < -0.39 is 10.0 Å². The maximum absolute atomic E-state index is 12.3. The Morgan fingerprint density at radius 1 is 1.04 bits per heavy atom. The van der Waals surface area contributed by atoms with Crippen LogP contribution in [0.3, 0.4) is 0 Å². The summed E-state index contributed by atoms with van der Waals surface area (Å²) >= 11 is 0. The standard InChI is InChI=1S/C19H18N4O2S/c1-13-5-3-4-6-15(13)17-12-19(23(22-17)26(2,24)25)14-7-8-16-18(11-14)21-10-9-20-16/h3-11,19H,12H2,1-2H3.